The molecule has 0 nitrogen and oxygen atoms in total. The average molecular weight is 295 g/mol. The zero-order valence-corrected chi connectivity index (χ0v) is 17.5. The first-order valence-electron chi connectivity index (χ1n) is 8.75. The van der Waals surface area contributed by atoms with Crippen molar-refractivity contribution in [3.8, 4) is 0 Å². The van der Waals surface area contributed by atoms with Crippen molar-refractivity contribution in [2.24, 2.45) is 37.9 Å². The summed E-state index contributed by atoms with van der Waals surface area (Å²) in [5.74, 6) is 0. The summed E-state index contributed by atoms with van der Waals surface area (Å²) in [5, 5.41) is 0. The zero-order valence-electron chi connectivity index (χ0n) is 17.5. The van der Waals surface area contributed by atoms with E-state index in [9.17, 15) is 0 Å². The molecule has 0 aliphatic heterocycles. The van der Waals surface area contributed by atoms with Gasteiger partial charge in [0.2, 0.25) is 0 Å². The minimum atomic E-state index is 0.234. The van der Waals surface area contributed by atoms with Gasteiger partial charge in [-0.3, -0.25) is 0 Å². The first kappa shape index (κ1) is 19.0. The van der Waals surface area contributed by atoms with Crippen molar-refractivity contribution in [1.29, 1.82) is 0 Å². The van der Waals surface area contributed by atoms with E-state index in [1.807, 2.05) is 0 Å². The fourth-order valence-corrected chi connectivity index (χ4v) is 5.47. The van der Waals surface area contributed by atoms with E-state index in [-0.39, 0.29) is 37.9 Å². The van der Waals surface area contributed by atoms with Crippen LogP contribution < -0.4 is 0 Å². The molecule has 0 atom stereocenters. The summed E-state index contributed by atoms with van der Waals surface area (Å²) in [5.41, 5.74) is 1.64. The van der Waals surface area contributed by atoms with Gasteiger partial charge < -0.3 is 0 Å². The van der Waals surface area contributed by atoms with Gasteiger partial charge in [-0.2, -0.15) is 0 Å². The molecule has 0 saturated heterocycles. The van der Waals surface area contributed by atoms with E-state index >= 15 is 0 Å². The molecule has 1 saturated carbocycles. The van der Waals surface area contributed by atoms with Gasteiger partial charge in [-0.25, -0.2) is 0 Å². The quantitative estimate of drug-likeness (QED) is 0.415. The van der Waals surface area contributed by atoms with Gasteiger partial charge in [0, 0.05) is 0 Å². The molecule has 0 bridgehead atoms. The molecule has 0 N–H and O–H groups in total. The molecule has 0 aromatic heterocycles. The van der Waals surface area contributed by atoms with Crippen LogP contribution in [0.2, 0.25) is 0 Å². The summed E-state index contributed by atoms with van der Waals surface area (Å²) in [6.07, 6.45) is 0. The molecule has 1 aliphatic carbocycles. The predicted octanol–water partition coefficient (Wildman–Crippen LogP) is 7.18. The van der Waals surface area contributed by atoms with Gasteiger partial charge in [0.1, 0.15) is 0 Å². The molecular formula is C21H42. The molecule has 0 aromatic rings. The lowest BCUT2D eigenvalue weighted by Crippen LogP contribution is -2.54. The molecule has 1 aliphatic rings. The van der Waals surface area contributed by atoms with E-state index in [1.165, 1.54) is 0 Å². The standard InChI is InChI=1S/C21H42/c1-15(2)16(3,4)18(7,8)20(11,12)21(13,14)19(9,10)17(15,5)6/h1-14H3. The number of hydrogen-bond acceptors (Lipinski definition) is 0. The summed E-state index contributed by atoms with van der Waals surface area (Å²) in [4.78, 5) is 0. The topological polar surface area (TPSA) is 0 Å². The monoisotopic (exact) mass is 294 g/mol. The molecule has 1 rings (SSSR count). The smallest absolute Gasteiger partial charge is 0.0241 e. The first-order valence-corrected chi connectivity index (χ1v) is 8.75. The van der Waals surface area contributed by atoms with Gasteiger partial charge in [0.05, 0.1) is 0 Å². The Labute approximate surface area is 135 Å². The van der Waals surface area contributed by atoms with Crippen molar-refractivity contribution in [2.45, 2.75) is 96.9 Å². The Morgan fingerprint density at radius 2 is 0.238 bits per heavy atom. The largest absolute Gasteiger partial charge is 0.0588 e. The minimum Gasteiger partial charge on any atom is -0.0588 e. The highest BCUT2D eigenvalue weighted by molar-refractivity contribution is 5.19. The molecular weight excluding hydrogens is 252 g/mol. The summed E-state index contributed by atoms with van der Waals surface area (Å²) >= 11 is 0. The summed E-state index contributed by atoms with van der Waals surface area (Å²) in [6, 6.07) is 0. The molecule has 21 heavy (non-hydrogen) atoms. The second-order valence-corrected chi connectivity index (χ2v) is 11.4. The van der Waals surface area contributed by atoms with E-state index < -0.39 is 0 Å². The van der Waals surface area contributed by atoms with Crippen molar-refractivity contribution in [1.82, 2.24) is 0 Å². The second kappa shape index (κ2) is 4.09. The zero-order chi connectivity index (χ0) is 17.5. The van der Waals surface area contributed by atoms with Gasteiger partial charge in [0.25, 0.3) is 0 Å². The molecule has 1 fully saturated rings. The van der Waals surface area contributed by atoms with Crippen LogP contribution in [0.5, 0.6) is 0 Å². The lowest BCUT2D eigenvalue weighted by Gasteiger charge is -2.61. The van der Waals surface area contributed by atoms with E-state index in [2.05, 4.69) is 96.9 Å². The molecule has 0 heteroatoms. The SMILES string of the molecule is CC1(C)C(C)(C)C(C)(C)C(C)(C)C(C)(C)C(C)(C)C1(C)C. The molecule has 0 radical (unpaired) electrons. The predicted molar refractivity (Wildman–Crippen MR) is 96.5 cm³/mol. The van der Waals surface area contributed by atoms with Gasteiger partial charge in [-0.1, -0.05) is 96.9 Å². The van der Waals surface area contributed by atoms with Crippen molar-refractivity contribution in [3.05, 3.63) is 0 Å². The highest BCUT2D eigenvalue weighted by atomic mass is 14.8. The summed E-state index contributed by atoms with van der Waals surface area (Å²) in [7, 11) is 0. The van der Waals surface area contributed by atoms with Crippen molar-refractivity contribution in [2.75, 3.05) is 0 Å². The van der Waals surface area contributed by atoms with Crippen molar-refractivity contribution in [3.63, 3.8) is 0 Å². The Balaban J connectivity index is 3.97. The van der Waals surface area contributed by atoms with E-state index in [0.29, 0.717) is 0 Å². The maximum Gasteiger partial charge on any atom is -0.0241 e. The third-order valence-corrected chi connectivity index (χ3v) is 10.9. The van der Waals surface area contributed by atoms with Gasteiger partial charge >= 0.3 is 0 Å². The van der Waals surface area contributed by atoms with Crippen LogP contribution in [-0.4, -0.2) is 0 Å². The highest BCUT2D eigenvalue weighted by Crippen LogP contribution is 2.78. The van der Waals surface area contributed by atoms with E-state index in [0.717, 1.165) is 0 Å². The maximum absolute atomic E-state index is 2.51. The van der Waals surface area contributed by atoms with Crippen LogP contribution in [0, 0.1) is 37.9 Å². The Kier molecular flexibility index (Phi) is 3.71. The van der Waals surface area contributed by atoms with Crippen LogP contribution >= 0.6 is 0 Å². The van der Waals surface area contributed by atoms with Crippen LogP contribution in [0.4, 0.5) is 0 Å². The van der Waals surface area contributed by atoms with Crippen LogP contribution in [-0.2, 0) is 0 Å². The Bertz CT molecular complexity index is 279. The molecule has 0 heterocycles. The normalized spacial score (nSPS) is 34.0. The van der Waals surface area contributed by atoms with Crippen molar-refractivity contribution < 1.29 is 0 Å². The van der Waals surface area contributed by atoms with Gasteiger partial charge in [0.15, 0.2) is 0 Å². The second-order valence-electron chi connectivity index (χ2n) is 11.4. The van der Waals surface area contributed by atoms with E-state index in [1.54, 1.807) is 0 Å². The van der Waals surface area contributed by atoms with Crippen LogP contribution in [0.15, 0.2) is 0 Å². The highest BCUT2D eigenvalue weighted by Gasteiger charge is 2.71. The number of hydrogen-bond donors (Lipinski definition) is 0. The summed E-state index contributed by atoms with van der Waals surface area (Å²) < 4.78 is 0. The number of rotatable bonds is 0. The molecule has 0 unspecified atom stereocenters. The fourth-order valence-electron chi connectivity index (χ4n) is 5.47. The van der Waals surface area contributed by atoms with Crippen LogP contribution in [0.1, 0.15) is 96.9 Å². The van der Waals surface area contributed by atoms with Gasteiger partial charge in [-0.05, 0) is 37.9 Å². The van der Waals surface area contributed by atoms with Crippen molar-refractivity contribution >= 4 is 0 Å². The lowest BCUT2D eigenvalue weighted by atomic mass is 9.43. The minimum absolute atomic E-state index is 0.234. The maximum atomic E-state index is 2.51. The third kappa shape index (κ3) is 1.63. The van der Waals surface area contributed by atoms with Crippen LogP contribution in [0.3, 0.4) is 0 Å². The molecule has 0 aromatic carbocycles. The van der Waals surface area contributed by atoms with E-state index in [4.69, 9.17) is 0 Å². The third-order valence-electron chi connectivity index (χ3n) is 10.9. The molecule has 0 spiro atoms. The van der Waals surface area contributed by atoms with Crippen LogP contribution in [0.25, 0.3) is 0 Å². The molecule has 0 amide bonds. The first-order chi connectivity index (χ1) is 8.75. The average Bonchev–Trinajstić information content (AvgIpc) is 2.26. The van der Waals surface area contributed by atoms with Gasteiger partial charge in [-0.15, -0.1) is 0 Å². The Hall–Kier alpha value is 0. The molecule has 126 valence electrons. The Morgan fingerprint density at radius 3 is 0.286 bits per heavy atom. The Morgan fingerprint density at radius 1 is 0.190 bits per heavy atom. The summed E-state index contributed by atoms with van der Waals surface area (Å²) in [6.45, 7) is 35.1. The lowest BCUT2D eigenvalue weighted by molar-refractivity contribution is -0.127. The fraction of sp³-hybridized carbons (Fsp3) is 1.00.